The molecule has 4 nitrogen and oxygen atoms in total. The van der Waals surface area contributed by atoms with Crippen LogP contribution in [0.4, 0.5) is 5.69 Å². The van der Waals surface area contributed by atoms with Gasteiger partial charge in [0, 0.05) is 24.2 Å². The minimum Gasteiger partial charge on any atom is -0.357 e. The van der Waals surface area contributed by atoms with Gasteiger partial charge in [-0.2, -0.15) is 0 Å². The van der Waals surface area contributed by atoms with Crippen LogP contribution in [0.25, 0.3) is 0 Å². The van der Waals surface area contributed by atoms with Crippen molar-refractivity contribution < 1.29 is 9.59 Å². The maximum atomic E-state index is 11.7. The molecule has 0 radical (unpaired) electrons. The summed E-state index contributed by atoms with van der Waals surface area (Å²) < 4.78 is 0. The van der Waals surface area contributed by atoms with Gasteiger partial charge in [-0.1, -0.05) is 6.92 Å². The highest BCUT2D eigenvalue weighted by molar-refractivity contribution is 7.12. The number of nitrogens with zero attached hydrogens (tertiary/aromatic N) is 1. The van der Waals surface area contributed by atoms with E-state index in [-0.39, 0.29) is 11.9 Å². The molecule has 1 amide bonds. The summed E-state index contributed by atoms with van der Waals surface area (Å²) in [6.07, 6.45) is 1.62. The molecule has 1 unspecified atom stereocenters. The maximum absolute atomic E-state index is 11.7. The van der Waals surface area contributed by atoms with Crippen molar-refractivity contribution in [3.63, 3.8) is 0 Å². The van der Waals surface area contributed by atoms with E-state index in [0.29, 0.717) is 11.4 Å². The largest absolute Gasteiger partial charge is 0.357 e. The predicted molar refractivity (Wildman–Crippen MR) is 64.1 cm³/mol. The summed E-state index contributed by atoms with van der Waals surface area (Å²) in [4.78, 5) is 25.1. The Labute approximate surface area is 98.3 Å². The third-order valence-electron chi connectivity index (χ3n) is 2.77. The number of thiophene rings is 1. The first kappa shape index (κ1) is 11.1. The van der Waals surface area contributed by atoms with Crippen molar-refractivity contribution >= 4 is 29.2 Å². The highest BCUT2D eigenvalue weighted by atomic mass is 32.1. The first-order valence-corrected chi connectivity index (χ1v) is 6.22. The number of aldehydes is 1. The molecule has 0 spiro atoms. The summed E-state index contributed by atoms with van der Waals surface area (Å²) >= 11 is 1.42. The van der Waals surface area contributed by atoms with Crippen LogP contribution in [0.5, 0.6) is 0 Å². The van der Waals surface area contributed by atoms with Gasteiger partial charge in [-0.25, -0.2) is 0 Å². The number of carbonyl (C=O) groups is 2. The van der Waals surface area contributed by atoms with E-state index < -0.39 is 0 Å². The fourth-order valence-electron chi connectivity index (χ4n) is 1.98. The summed E-state index contributed by atoms with van der Waals surface area (Å²) in [7, 11) is 0. The second-order valence-electron chi connectivity index (χ2n) is 3.73. The molecule has 2 heterocycles. The number of hydrogen-bond acceptors (Lipinski definition) is 4. The number of piperazine rings is 1. The van der Waals surface area contributed by atoms with Crippen molar-refractivity contribution in [3.05, 3.63) is 16.3 Å². The molecule has 1 aromatic heterocycles. The van der Waals surface area contributed by atoms with Gasteiger partial charge in [0.15, 0.2) is 6.29 Å². The van der Waals surface area contributed by atoms with Crippen LogP contribution in [-0.2, 0) is 4.79 Å². The van der Waals surface area contributed by atoms with Crippen LogP contribution < -0.4 is 10.2 Å². The van der Waals surface area contributed by atoms with Crippen LogP contribution in [0.15, 0.2) is 11.4 Å². The quantitative estimate of drug-likeness (QED) is 0.807. The van der Waals surface area contributed by atoms with Gasteiger partial charge >= 0.3 is 0 Å². The third-order valence-corrected chi connectivity index (χ3v) is 3.62. The van der Waals surface area contributed by atoms with Gasteiger partial charge in [-0.3, -0.25) is 9.59 Å². The third kappa shape index (κ3) is 1.95. The first-order chi connectivity index (χ1) is 7.76. The number of amides is 1. The smallest absolute Gasteiger partial charge is 0.242 e. The van der Waals surface area contributed by atoms with Crippen LogP contribution in [-0.4, -0.2) is 31.3 Å². The molecular formula is C11H14N2O2S. The minimum atomic E-state index is -0.108. The van der Waals surface area contributed by atoms with Crippen LogP contribution >= 0.6 is 11.3 Å². The van der Waals surface area contributed by atoms with E-state index in [1.807, 2.05) is 18.4 Å². The minimum absolute atomic E-state index is 0.0765. The summed E-state index contributed by atoms with van der Waals surface area (Å²) in [6.45, 7) is 3.47. The van der Waals surface area contributed by atoms with E-state index >= 15 is 0 Å². The van der Waals surface area contributed by atoms with Crippen molar-refractivity contribution in [1.29, 1.82) is 0 Å². The molecule has 5 heteroatoms. The van der Waals surface area contributed by atoms with Crippen LogP contribution in [0.3, 0.4) is 0 Å². The fourth-order valence-corrected chi connectivity index (χ4v) is 2.69. The Morgan fingerprint density at radius 1 is 1.69 bits per heavy atom. The van der Waals surface area contributed by atoms with E-state index in [1.54, 1.807) is 0 Å². The molecule has 16 heavy (non-hydrogen) atoms. The summed E-state index contributed by atoms with van der Waals surface area (Å²) in [5, 5.41) is 4.79. The van der Waals surface area contributed by atoms with Crippen molar-refractivity contribution in [3.8, 4) is 0 Å². The Morgan fingerprint density at radius 3 is 3.12 bits per heavy atom. The zero-order valence-electron chi connectivity index (χ0n) is 9.10. The van der Waals surface area contributed by atoms with Gasteiger partial charge in [0.1, 0.15) is 6.04 Å². The molecule has 86 valence electrons. The van der Waals surface area contributed by atoms with Gasteiger partial charge in [-0.05, 0) is 12.5 Å². The predicted octanol–water partition coefficient (Wildman–Crippen LogP) is 1.28. The van der Waals surface area contributed by atoms with Crippen LogP contribution in [0.1, 0.15) is 23.0 Å². The van der Waals surface area contributed by atoms with Crippen LogP contribution in [0.2, 0.25) is 0 Å². The molecular weight excluding hydrogens is 224 g/mol. The molecule has 1 N–H and O–H groups in total. The second kappa shape index (κ2) is 4.65. The highest BCUT2D eigenvalue weighted by Crippen LogP contribution is 2.25. The Hall–Kier alpha value is -1.36. The highest BCUT2D eigenvalue weighted by Gasteiger charge is 2.28. The van der Waals surface area contributed by atoms with Crippen molar-refractivity contribution in [2.45, 2.75) is 19.4 Å². The number of carbonyl (C=O) groups excluding carboxylic acids is 2. The number of anilines is 1. The van der Waals surface area contributed by atoms with Gasteiger partial charge in [0.25, 0.3) is 0 Å². The van der Waals surface area contributed by atoms with Crippen molar-refractivity contribution in [1.82, 2.24) is 5.32 Å². The lowest BCUT2D eigenvalue weighted by Crippen LogP contribution is -2.55. The van der Waals surface area contributed by atoms with Gasteiger partial charge in [0.2, 0.25) is 5.91 Å². The first-order valence-electron chi connectivity index (χ1n) is 5.34. The Bertz CT molecular complexity index is 402. The average Bonchev–Trinajstić information content (AvgIpc) is 2.77. The van der Waals surface area contributed by atoms with Gasteiger partial charge in [-0.15, -0.1) is 11.3 Å². The lowest BCUT2D eigenvalue weighted by atomic mass is 10.1. The molecule has 0 aromatic carbocycles. The molecule has 1 aliphatic rings. The molecule has 2 rings (SSSR count). The van der Waals surface area contributed by atoms with E-state index in [9.17, 15) is 9.59 Å². The zero-order valence-corrected chi connectivity index (χ0v) is 9.92. The van der Waals surface area contributed by atoms with Gasteiger partial charge < -0.3 is 10.2 Å². The topological polar surface area (TPSA) is 49.4 Å². The Morgan fingerprint density at radius 2 is 2.50 bits per heavy atom. The summed E-state index contributed by atoms with van der Waals surface area (Å²) in [5.41, 5.74) is 0.980. The standard InChI is InChI=1S/C11H14N2O2S/c1-2-10-11(15)12-3-4-13(10)8-5-9(6-14)16-7-8/h5-7,10H,2-4H2,1H3,(H,12,15). The number of hydrogen-bond donors (Lipinski definition) is 1. The Kier molecular flexibility index (Phi) is 3.24. The molecule has 1 atom stereocenters. The van der Waals surface area contributed by atoms with Crippen molar-refractivity contribution in [2.75, 3.05) is 18.0 Å². The monoisotopic (exact) mass is 238 g/mol. The molecule has 1 saturated heterocycles. The lowest BCUT2D eigenvalue weighted by molar-refractivity contribution is -0.123. The van der Waals surface area contributed by atoms with Crippen LogP contribution in [0, 0.1) is 0 Å². The molecule has 0 aliphatic carbocycles. The normalized spacial score (nSPS) is 20.7. The molecule has 0 saturated carbocycles. The number of rotatable bonds is 3. The number of nitrogens with one attached hydrogen (secondary N) is 1. The summed E-state index contributed by atoms with van der Waals surface area (Å²) in [6, 6.07) is 1.74. The molecule has 1 aliphatic heterocycles. The lowest BCUT2D eigenvalue weighted by Gasteiger charge is -2.35. The Balaban J connectivity index is 2.23. The van der Waals surface area contributed by atoms with Gasteiger partial charge in [0.05, 0.1) is 4.88 Å². The van der Waals surface area contributed by atoms with E-state index in [1.165, 1.54) is 11.3 Å². The summed E-state index contributed by atoms with van der Waals surface area (Å²) in [5.74, 6) is 0.0765. The SMILES string of the molecule is CCC1C(=O)NCCN1c1csc(C=O)c1. The second-order valence-corrected chi connectivity index (χ2v) is 4.68. The van der Waals surface area contributed by atoms with E-state index in [0.717, 1.165) is 24.9 Å². The van der Waals surface area contributed by atoms with E-state index in [4.69, 9.17) is 0 Å². The van der Waals surface area contributed by atoms with Crippen molar-refractivity contribution in [2.24, 2.45) is 0 Å². The molecule has 0 bridgehead atoms. The maximum Gasteiger partial charge on any atom is 0.242 e. The molecule has 1 aromatic rings. The zero-order chi connectivity index (χ0) is 11.5. The average molecular weight is 238 g/mol. The van der Waals surface area contributed by atoms with E-state index in [2.05, 4.69) is 10.2 Å². The molecule has 1 fully saturated rings. The fraction of sp³-hybridized carbons (Fsp3) is 0.455.